The first-order valence-corrected chi connectivity index (χ1v) is 6.97. The Hall–Kier alpha value is -3.00. The third-order valence-corrected chi connectivity index (χ3v) is 3.16. The number of aromatic nitrogens is 1. The Morgan fingerprint density at radius 1 is 1.21 bits per heavy atom. The van der Waals surface area contributed by atoms with Crippen LogP contribution in [0.2, 0.25) is 0 Å². The summed E-state index contributed by atoms with van der Waals surface area (Å²) in [4.78, 5) is 26.3. The molecule has 0 aliphatic carbocycles. The molecule has 3 N–H and O–H groups in total. The summed E-state index contributed by atoms with van der Waals surface area (Å²) < 4.78 is 17.7. The number of halogens is 1. The van der Waals surface area contributed by atoms with Crippen molar-refractivity contribution in [1.29, 1.82) is 0 Å². The zero-order valence-electron chi connectivity index (χ0n) is 12.4. The fourth-order valence-electron chi connectivity index (χ4n) is 1.92. The maximum Gasteiger partial charge on any atom is 0.408 e. The lowest BCUT2D eigenvalue weighted by Gasteiger charge is -2.20. The van der Waals surface area contributed by atoms with E-state index in [9.17, 15) is 19.1 Å². The van der Waals surface area contributed by atoms with Gasteiger partial charge in [-0.05, 0) is 11.6 Å². The lowest BCUT2D eigenvalue weighted by atomic mass is 10.0. The first-order chi connectivity index (χ1) is 11.5. The summed E-state index contributed by atoms with van der Waals surface area (Å²) in [5.41, 5.74) is 0.773. The van der Waals surface area contributed by atoms with Crippen molar-refractivity contribution in [2.75, 3.05) is 0 Å². The molecule has 2 rings (SSSR count). The second kappa shape index (κ2) is 8.02. The zero-order chi connectivity index (χ0) is 17.5. The van der Waals surface area contributed by atoms with Gasteiger partial charge in [-0.15, -0.1) is 0 Å². The second-order valence-electron chi connectivity index (χ2n) is 4.88. The Kier molecular flexibility index (Phi) is 5.80. The average Bonchev–Trinajstić information content (AvgIpc) is 2.58. The van der Waals surface area contributed by atoms with Gasteiger partial charge in [-0.25, -0.2) is 14.6 Å². The number of ether oxygens (including phenoxy) is 1. The van der Waals surface area contributed by atoms with Crippen molar-refractivity contribution in [2.24, 2.45) is 0 Å². The predicted octanol–water partition coefficient (Wildman–Crippen LogP) is 1.63. The number of hydrogen-bond donors (Lipinski definition) is 3. The molecule has 126 valence electrons. The van der Waals surface area contributed by atoms with Crippen molar-refractivity contribution < 1.29 is 28.9 Å². The van der Waals surface area contributed by atoms with Gasteiger partial charge in [0.1, 0.15) is 12.7 Å². The van der Waals surface area contributed by atoms with Gasteiger partial charge in [0.15, 0.2) is 6.04 Å². The Bertz CT molecular complexity index is 693. The molecule has 8 heteroatoms. The summed E-state index contributed by atoms with van der Waals surface area (Å²) in [6.07, 6.45) is -1.62. The molecular formula is C16H15FN2O5. The van der Waals surface area contributed by atoms with E-state index in [2.05, 4.69) is 10.3 Å². The number of hydrogen-bond acceptors (Lipinski definition) is 5. The van der Waals surface area contributed by atoms with Crippen LogP contribution in [0.15, 0.2) is 48.7 Å². The molecule has 24 heavy (non-hydrogen) atoms. The molecule has 1 amide bonds. The van der Waals surface area contributed by atoms with Gasteiger partial charge in [-0.1, -0.05) is 36.4 Å². The number of alkyl carbamates (subject to hydrolysis) is 1. The molecule has 0 fully saturated rings. The normalized spacial score (nSPS) is 12.9. The van der Waals surface area contributed by atoms with E-state index in [1.807, 2.05) is 0 Å². The number of carbonyl (C=O) groups is 2. The minimum absolute atomic E-state index is 0.0483. The lowest BCUT2D eigenvalue weighted by Crippen LogP contribution is -2.45. The summed E-state index contributed by atoms with van der Waals surface area (Å²) >= 11 is 0. The fraction of sp³-hybridized carbons (Fsp3) is 0.188. The van der Waals surface area contributed by atoms with Gasteiger partial charge in [0.25, 0.3) is 0 Å². The molecule has 0 aliphatic heterocycles. The van der Waals surface area contributed by atoms with E-state index < -0.39 is 30.2 Å². The van der Waals surface area contributed by atoms with Crippen LogP contribution in [-0.4, -0.2) is 33.3 Å². The van der Waals surface area contributed by atoms with E-state index in [1.165, 1.54) is 6.07 Å². The molecule has 0 unspecified atom stereocenters. The van der Waals surface area contributed by atoms with Crippen LogP contribution in [0.25, 0.3) is 0 Å². The number of benzene rings is 1. The number of aliphatic hydroxyl groups is 1. The minimum atomic E-state index is -1.67. The molecule has 0 saturated heterocycles. The number of nitrogens with one attached hydrogen (secondary N) is 1. The van der Waals surface area contributed by atoms with E-state index in [1.54, 1.807) is 30.3 Å². The number of pyridine rings is 1. The van der Waals surface area contributed by atoms with Crippen molar-refractivity contribution in [1.82, 2.24) is 10.3 Å². The Morgan fingerprint density at radius 3 is 2.50 bits per heavy atom. The standard InChI is InChI=1S/C16H15FN2O5/c17-12-7-6-11(8-18-12)14(20)13(15(21)22)19-16(23)24-9-10-4-2-1-3-5-10/h1-8,13-14,20H,9H2,(H,19,23)(H,21,22)/t13-,14-/m0/s1. The first-order valence-electron chi connectivity index (χ1n) is 6.97. The van der Waals surface area contributed by atoms with Crippen LogP contribution in [-0.2, 0) is 16.1 Å². The van der Waals surface area contributed by atoms with Crippen LogP contribution in [0.3, 0.4) is 0 Å². The van der Waals surface area contributed by atoms with Gasteiger partial charge in [0.05, 0.1) is 0 Å². The molecule has 0 saturated carbocycles. The lowest BCUT2D eigenvalue weighted by molar-refractivity contribution is -0.142. The molecule has 0 spiro atoms. The van der Waals surface area contributed by atoms with Crippen molar-refractivity contribution in [3.05, 3.63) is 65.7 Å². The number of carbonyl (C=O) groups excluding carboxylic acids is 1. The van der Waals surface area contributed by atoms with E-state index in [4.69, 9.17) is 9.84 Å². The molecule has 1 aromatic heterocycles. The van der Waals surface area contributed by atoms with E-state index in [0.29, 0.717) is 0 Å². The fourth-order valence-corrected chi connectivity index (χ4v) is 1.92. The highest BCUT2D eigenvalue weighted by Gasteiger charge is 2.30. The van der Waals surface area contributed by atoms with Crippen LogP contribution in [0, 0.1) is 5.95 Å². The molecule has 0 radical (unpaired) electrons. The molecule has 1 aromatic carbocycles. The molecule has 2 aromatic rings. The smallest absolute Gasteiger partial charge is 0.408 e. The Balaban J connectivity index is 1.98. The summed E-state index contributed by atoms with van der Waals surface area (Å²) in [6, 6.07) is 9.30. The maximum absolute atomic E-state index is 12.8. The SMILES string of the molecule is O=C(N[C@H](C(=O)O)[C@@H](O)c1ccc(F)nc1)OCc1ccccc1. The van der Waals surface area contributed by atoms with Crippen molar-refractivity contribution >= 4 is 12.1 Å². The summed E-state index contributed by atoms with van der Waals surface area (Å²) in [6.45, 7) is -0.0484. The molecule has 1 heterocycles. The topological polar surface area (TPSA) is 109 Å². The third-order valence-electron chi connectivity index (χ3n) is 3.16. The highest BCUT2D eigenvalue weighted by Crippen LogP contribution is 2.16. The van der Waals surface area contributed by atoms with Crippen molar-refractivity contribution in [3.63, 3.8) is 0 Å². The van der Waals surface area contributed by atoms with E-state index in [0.717, 1.165) is 17.8 Å². The van der Waals surface area contributed by atoms with Crippen molar-refractivity contribution in [2.45, 2.75) is 18.8 Å². The van der Waals surface area contributed by atoms with Gasteiger partial charge < -0.3 is 20.3 Å². The highest BCUT2D eigenvalue weighted by molar-refractivity contribution is 5.80. The molecular weight excluding hydrogens is 319 g/mol. The van der Waals surface area contributed by atoms with Gasteiger partial charge in [0, 0.05) is 11.8 Å². The van der Waals surface area contributed by atoms with Gasteiger partial charge in [-0.2, -0.15) is 4.39 Å². The van der Waals surface area contributed by atoms with Crippen LogP contribution < -0.4 is 5.32 Å². The summed E-state index contributed by atoms with van der Waals surface area (Å²) in [5, 5.41) is 21.3. The number of nitrogens with zero attached hydrogens (tertiary/aromatic N) is 1. The van der Waals surface area contributed by atoms with Crippen molar-refractivity contribution in [3.8, 4) is 0 Å². The number of carboxylic acid groups (broad SMARTS) is 1. The second-order valence-corrected chi connectivity index (χ2v) is 4.88. The number of amides is 1. The summed E-state index contributed by atoms with van der Waals surface area (Å²) in [7, 11) is 0. The monoisotopic (exact) mass is 334 g/mol. The Labute approximate surface area is 136 Å². The van der Waals surface area contributed by atoms with Crippen LogP contribution in [0.4, 0.5) is 9.18 Å². The molecule has 2 atom stereocenters. The molecule has 0 aliphatic rings. The Morgan fingerprint density at radius 2 is 1.92 bits per heavy atom. The molecule has 7 nitrogen and oxygen atoms in total. The quantitative estimate of drug-likeness (QED) is 0.693. The van der Waals surface area contributed by atoms with Gasteiger partial charge in [0.2, 0.25) is 5.95 Å². The minimum Gasteiger partial charge on any atom is -0.480 e. The van der Waals surface area contributed by atoms with Crippen LogP contribution in [0.5, 0.6) is 0 Å². The van der Waals surface area contributed by atoms with E-state index >= 15 is 0 Å². The zero-order valence-corrected chi connectivity index (χ0v) is 12.4. The van der Waals surface area contributed by atoms with Gasteiger partial charge in [-0.3, -0.25) is 0 Å². The summed E-state index contributed by atoms with van der Waals surface area (Å²) in [5.74, 6) is -2.24. The van der Waals surface area contributed by atoms with Gasteiger partial charge >= 0.3 is 12.1 Å². The molecule has 0 bridgehead atoms. The van der Waals surface area contributed by atoms with E-state index in [-0.39, 0.29) is 12.2 Å². The highest BCUT2D eigenvalue weighted by atomic mass is 19.1. The number of rotatable bonds is 6. The average molecular weight is 334 g/mol. The van der Waals surface area contributed by atoms with Crippen LogP contribution >= 0.6 is 0 Å². The predicted molar refractivity (Wildman–Crippen MR) is 80.3 cm³/mol. The van der Waals surface area contributed by atoms with Crippen LogP contribution in [0.1, 0.15) is 17.2 Å². The first kappa shape index (κ1) is 17.4. The number of aliphatic hydroxyl groups excluding tert-OH is 1. The largest absolute Gasteiger partial charge is 0.480 e. The maximum atomic E-state index is 12.8. The number of aliphatic carboxylic acids is 1. The third kappa shape index (κ3) is 4.75. The number of carboxylic acids is 1.